The van der Waals surface area contributed by atoms with E-state index in [1.54, 1.807) is 0 Å². The number of rotatable bonds is 15. The van der Waals surface area contributed by atoms with Gasteiger partial charge in [-0.25, -0.2) is 4.79 Å². The van der Waals surface area contributed by atoms with Gasteiger partial charge in [0.05, 0.1) is 6.61 Å². The van der Waals surface area contributed by atoms with Gasteiger partial charge in [0.1, 0.15) is 35.7 Å². The summed E-state index contributed by atoms with van der Waals surface area (Å²) in [7, 11) is 0. The van der Waals surface area contributed by atoms with E-state index in [1.807, 2.05) is 0 Å². The van der Waals surface area contributed by atoms with Crippen LogP contribution in [0.15, 0.2) is 48.5 Å². The Morgan fingerprint density at radius 2 is 1.12 bits per heavy atom. The SMILES string of the molecule is NC(=O)CCC(NC(=O)C(N)CO)C(=O)NC(Cc1ccc(O)cc1)C(=O)NC(Cc1ccc(O)cc1)C(=O)O. The molecule has 40 heavy (non-hydrogen) atoms. The molecule has 2 aromatic carbocycles. The lowest BCUT2D eigenvalue weighted by molar-refractivity contribution is -0.142. The summed E-state index contributed by atoms with van der Waals surface area (Å²) in [6, 6.07) is 6.00. The number of aliphatic hydroxyl groups excluding tert-OH is 1. The molecule has 0 heterocycles. The van der Waals surface area contributed by atoms with E-state index in [0.717, 1.165) is 0 Å². The van der Waals surface area contributed by atoms with E-state index in [4.69, 9.17) is 16.6 Å². The summed E-state index contributed by atoms with van der Waals surface area (Å²) in [5, 5.41) is 45.0. The maximum atomic E-state index is 13.3. The second-order valence-corrected chi connectivity index (χ2v) is 9.06. The number of phenolic OH excluding ortho intramolecular Hbond substituents is 2. The number of carbonyl (C=O) groups is 5. The van der Waals surface area contributed by atoms with Crippen molar-refractivity contribution in [2.75, 3.05) is 6.61 Å². The van der Waals surface area contributed by atoms with Crippen molar-refractivity contribution < 1.29 is 44.4 Å². The number of carbonyl (C=O) groups excluding carboxylic acids is 4. The van der Waals surface area contributed by atoms with E-state index in [-0.39, 0.29) is 37.2 Å². The zero-order valence-corrected chi connectivity index (χ0v) is 21.4. The lowest BCUT2D eigenvalue weighted by Gasteiger charge is -2.25. The van der Waals surface area contributed by atoms with E-state index in [1.165, 1.54) is 48.5 Å². The van der Waals surface area contributed by atoms with Crippen molar-refractivity contribution in [1.82, 2.24) is 16.0 Å². The summed E-state index contributed by atoms with van der Waals surface area (Å²) in [5.41, 5.74) is 11.7. The standard InChI is InChI=1S/C26H33N5O9/c27-18(13-32)23(36)29-19(9-10-22(28)35)24(37)30-20(11-14-1-5-16(33)6-2-14)25(38)31-21(26(39)40)12-15-3-7-17(34)8-4-15/h1-8,18-21,32-34H,9-13,27H2,(H2,28,35)(H,29,36)(H,30,37)(H,31,38)(H,39,40). The van der Waals surface area contributed by atoms with Gasteiger partial charge in [-0.1, -0.05) is 24.3 Å². The monoisotopic (exact) mass is 559 g/mol. The van der Waals surface area contributed by atoms with Crippen molar-refractivity contribution in [2.24, 2.45) is 11.5 Å². The van der Waals surface area contributed by atoms with Crippen LogP contribution in [0.25, 0.3) is 0 Å². The van der Waals surface area contributed by atoms with Crippen molar-refractivity contribution in [3.63, 3.8) is 0 Å². The Kier molecular flexibility index (Phi) is 11.9. The minimum atomic E-state index is -1.40. The Bertz CT molecular complexity index is 1190. The minimum absolute atomic E-state index is 0.0192. The van der Waals surface area contributed by atoms with Crippen molar-refractivity contribution in [1.29, 1.82) is 0 Å². The molecular weight excluding hydrogens is 526 g/mol. The number of nitrogens with one attached hydrogen (secondary N) is 3. The molecule has 14 heteroatoms. The molecule has 0 fully saturated rings. The molecule has 2 aromatic rings. The van der Waals surface area contributed by atoms with E-state index in [0.29, 0.717) is 11.1 Å². The average molecular weight is 560 g/mol. The highest BCUT2D eigenvalue weighted by Crippen LogP contribution is 2.14. The van der Waals surface area contributed by atoms with Gasteiger partial charge in [0.25, 0.3) is 0 Å². The lowest BCUT2D eigenvalue weighted by atomic mass is 10.0. The summed E-state index contributed by atoms with van der Waals surface area (Å²) >= 11 is 0. The average Bonchev–Trinajstić information content (AvgIpc) is 2.91. The molecule has 0 bridgehead atoms. The maximum absolute atomic E-state index is 13.3. The smallest absolute Gasteiger partial charge is 0.326 e. The van der Waals surface area contributed by atoms with Gasteiger partial charge in [-0.15, -0.1) is 0 Å². The molecule has 0 spiro atoms. The highest BCUT2D eigenvalue weighted by molar-refractivity contribution is 5.94. The van der Waals surface area contributed by atoms with Crippen LogP contribution in [0.4, 0.5) is 0 Å². The second kappa shape index (κ2) is 15.0. The van der Waals surface area contributed by atoms with E-state index in [2.05, 4.69) is 16.0 Å². The van der Waals surface area contributed by atoms with Gasteiger partial charge < -0.3 is 47.8 Å². The number of hydrogen-bond donors (Lipinski definition) is 9. The molecule has 4 unspecified atom stereocenters. The van der Waals surface area contributed by atoms with Crippen LogP contribution in [0.3, 0.4) is 0 Å². The van der Waals surface area contributed by atoms with Gasteiger partial charge in [-0.2, -0.15) is 0 Å². The van der Waals surface area contributed by atoms with Crippen LogP contribution >= 0.6 is 0 Å². The van der Waals surface area contributed by atoms with Gasteiger partial charge in [0.15, 0.2) is 0 Å². The summed E-state index contributed by atoms with van der Waals surface area (Å²) < 4.78 is 0. The molecule has 14 nitrogen and oxygen atoms in total. The van der Waals surface area contributed by atoms with Gasteiger partial charge in [-0.05, 0) is 41.8 Å². The third-order valence-corrected chi connectivity index (χ3v) is 5.85. The normalized spacial score (nSPS) is 13.8. The fourth-order valence-corrected chi connectivity index (χ4v) is 3.61. The molecule has 216 valence electrons. The molecule has 0 radical (unpaired) electrons. The van der Waals surface area contributed by atoms with Crippen molar-refractivity contribution in [2.45, 2.75) is 49.9 Å². The number of carboxylic acids is 1. The van der Waals surface area contributed by atoms with E-state index >= 15 is 0 Å². The fraction of sp³-hybridized carbons (Fsp3) is 0.346. The van der Waals surface area contributed by atoms with Gasteiger partial charge in [0.2, 0.25) is 23.6 Å². The molecule has 0 saturated carbocycles. The van der Waals surface area contributed by atoms with Crippen molar-refractivity contribution in [3.05, 3.63) is 59.7 Å². The fourth-order valence-electron chi connectivity index (χ4n) is 3.61. The Labute approximate surface area is 229 Å². The number of amides is 4. The molecule has 11 N–H and O–H groups in total. The largest absolute Gasteiger partial charge is 0.508 e. The molecule has 0 aromatic heterocycles. The number of aliphatic hydroxyl groups is 1. The molecule has 4 atom stereocenters. The maximum Gasteiger partial charge on any atom is 0.326 e. The van der Waals surface area contributed by atoms with Crippen molar-refractivity contribution >= 4 is 29.6 Å². The topological polar surface area (TPSA) is 254 Å². The Morgan fingerprint density at radius 1 is 0.700 bits per heavy atom. The van der Waals surface area contributed by atoms with E-state index in [9.17, 15) is 39.3 Å². The Hall–Kier alpha value is -4.69. The minimum Gasteiger partial charge on any atom is -0.508 e. The first-order valence-corrected chi connectivity index (χ1v) is 12.2. The number of benzene rings is 2. The van der Waals surface area contributed by atoms with Crippen molar-refractivity contribution in [3.8, 4) is 11.5 Å². The number of carboxylic acid groups (broad SMARTS) is 1. The second-order valence-electron chi connectivity index (χ2n) is 9.06. The number of nitrogens with two attached hydrogens (primary N) is 2. The Balaban J connectivity index is 2.28. The van der Waals surface area contributed by atoms with Crippen LogP contribution in [0.5, 0.6) is 11.5 Å². The molecule has 0 aliphatic rings. The first-order valence-electron chi connectivity index (χ1n) is 12.2. The zero-order valence-electron chi connectivity index (χ0n) is 21.4. The van der Waals surface area contributed by atoms with Crippen LogP contribution < -0.4 is 27.4 Å². The number of primary amides is 1. The molecule has 0 aliphatic carbocycles. The quantitative estimate of drug-likeness (QED) is 0.116. The number of aliphatic carboxylic acids is 1. The Morgan fingerprint density at radius 3 is 1.57 bits per heavy atom. The third kappa shape index (κ3) is 10.2. The van der Waals surface area contributed by atoms with Crippen LogP contribution in [0.1, 0.15) is 24.0 Å². The predicted molar refractivity (Wildman–Crippen MR) is 141 cm³/mol. The first kappa shape index (κ1) is 31.5. The molecule has 0 saturated heterocycles. The number of phenols is 2. The zero-order chi connectivity index (χ0) is 29.8. The highest BCUT2D eigenvalue weighted by Gasteiger charge is 2.31. The van der Waals surface area contributed by atoms with E-state index < -0.39 is 60.4 Å². The summed E-state index contributed by atoms with van der Waals surface area (Å²) in [6.07, 6.45) is -0.792. The van der Waals surface area contributed by atoms with Gasteiger partial charge >= 0.3 is 5.97 Å². The first-order chi connectivity index (χ1) is 18.9. The summed E-state index contributed by atoms with van der Waals surface area (Å²) in [6.45, 7) is -0.709. The summed E-state index contributed by atoms with van der Waals surface area (Å²) in [4.78, 5) is 61.9. The summed E-state index contributed by atoms with van der Waals surface area (Å²) in [5.74, 6) is -4.79. The molecular formula is C26H33N5O9. The number of aromatic hydroxyl groups is 2. The van der Waals surface area contributed by atoms with Gasteiger partial charge in [-0.3, -0.25) is 19.2 Å². The van der Waals surface area contributed by atoms with Crippen LogP contribution in [0.2, 0.25) is 0 Å². The van der Waals surface area contributed by atoms with Crippen LogP contribution in [0, 0.1) is 0 Å². The van der Waals surface area contributed by atoms with Crippen LogP contribution in [-0.4, -0.2) is 80.8 Å². The molecule has 4 amide bonds. The molecule has 2 rings (SSSR count). The number of hydrogen-bond acceptors (Lipinski definition) is 9. The lowest BCUT2D eigenvalue weighted by Crippen LogP contribution is -2.58. The van der Waals surface area contributed by atoms with Gasteiger partial charge in [0, 0.05) is 19.3 Å². The predicted octanol–water partition coefficient (Wildman–Crippen LogP) is -1.99. The third-order valence-electron chi connectivity index (χ3n) is 5.85. The highest BCUT2D eigenvalue weighted by atomic mass is 16.4. The molecule has 0 aliphatic heterocycles. The van der Waals surface area contributed by atoms with Crippen LogP contribution in [-0.2, 0) is 36.8 Å².